The molecule has 0 amide bonds. The third-order valence-corrected chi connectivity index (χ3v) is 3.79. The Morgan fingerprint density at radius 3 is 2.33 bits per heavy atom. The lowest BCUT2D eigenvalue weighted by atomic mass is 10.3. The smallest absolute Gasteiger partial charge is 0.354 e. The molecule has 1 heterocycles. The molecular weight excluding hydrogens is 258 g/mol. The van der Waals surface area contributed by atoms with Gasteiger partial charge in [0.05, 0.1) is 6.61 Å². The summed E-state index contributed by atoms with van der Waals surface area (Å²) in [6.45, 7) is 6.38. The molecule has 0 bridgehead atoms. The van der Waals surface area contributed by atoms with Crippen molar-refractivity contribution in [2.75, 3.05) is 19.7 Å². The summed E-state index contributed by atoms with van der Waals surface area (Å²) in [5, 5.41) is 0. The van der Waals surface area contributed by atoms with Crippen molar-refractivity contribution in [3.05, 3.63) is 10.6 Å². The van der Waals surface area contributed by atoms with E-state index in [1.54, 1.807) is 11.8 Å². The Balaban J connectivity index is 3.38. The zero-order valence-corrected chi connectivity index (χ0v) is 11.5. The van der Waals surface area contributed by atoms with Crippen molar-refractivity contribution in [1.29, 1.82) is 0 Å². The number of carbonyl (C=O) groups excluding carboxylic acids is 1. The van der Waals surface area contributed by atoms with Crippen LogP contribution in [0.3, 0.4) is 0 Å². The zero-order chi connectivity index (χ0) is 13.9. The van der Waals surface area contributed by atoms with Gasteiger partial charge in [0.15, 0.2) is 5.84 Å². The third kappa shape index (κ3) is 2.47. The van der Waals surface area contributed by atoms with E-state index in [1.807, 2.05) is 13.8 Å². The van der Waals surface area contributed by atoms with Crippen molar-refractivity contribution in [2.45, 2.75) is 20.8 Å². The van der Waals surface area contributed by atoms with E-state index in [4.69, 9.17) is 10.5 Å². The lowest BCUT2D eigenvalue weighted by Crippen LogP contribution is -2.32. The van der Waals surface area contributed by atoms with Gasteiger partial charge < -0.3 is 15.4 Å². The molecule has 18 heavy (non-hydrogen) atoms. The van der Waals surface area contributed by atoms with Crippen LogP contribution >= 0.6 is 0 Å². The summed E-state index contributed by atoms with van der Waals surface area (Å²) in [6.07, 6.45) is 0. The molecule has 7 nitrogen and oxygen atoms in total. The van der Waals surface area contributed by atoms with Gasteiger partial charge in [0.2, 0.25) is 4.91 Å². The Morgan fingerprint density at radius 2 is 1.89 bits per heavy atom. The zero-order valence-electron chi connectivity index (χ0n) is 10.6. The standard InChI is InChI=1S/C10H17N3O4S/c1-4-13(5-2)7-8(10(14)17-6-3)18(15,16)12-9(7)11/h4-6H2,1-3H3,(H2,11,12). The number of esters is 1. The number of hydrogen-bond donors (Lipinski definition) is 1. The van der Waals surface area contributed by atoms with Crippen LogP contribution in [0.25, 0.3) is 0 Å². The number of nitrogens with two attached hydrogens (primary N) is 1. The molecule has 0 spiro atoms. The number of carbonyl (C=O) groups is 1. The molecule has 0 saturated heterocycles. The second-order valence-corrected chi connectivity index (χ2v) is 5.06. The highest BCUT2D eigenvalue weighted by Gasteiger charge is 2.39. The highest BCUT2D eigenvalue weighted by atomic mass is 32.2. The molecule has 0 radical (unpaired) electrons. The lowest BCUT2D eigenvalue weighted by molar-refractivity contribution is -0.137. The van der Waals surface area contributed by atoms with Gasteiger partial charge in [0.25, 0.3) is 10.0 Å². The SMILES string of the molecule is CCOC(=O)C1=C(N(CC)CC)C(N)=NS1(=O)=O. The van der Waals surface area contributed by atoms with Gasteiger partial charge in [-0.3, -0.25) is 0 Å². The highest BCUT2D eigenvalue weighted by Crippen LogP contribution is 2.26. The summed E-state index contributed by atoms with van der Waals surface area (Å²) in [5.74, 6) is -1.08. The van der Waals surface area contributed by atoms with Crippen LogP contribution in [0.15, 0.2) is 15.0 Å². The molecule has 1 aliphatic rings. The molecule has 1 rings (SSSR count). The van der Waals surface area contributed by atoms with E-state index in [0.29, 0.717) is 13.1 Å². The first-order valence-corrected chi connectivity index (χ1v) is 7.10. The summed E-state index contributed by atoms with van der Waals surface area (Å²) < 4.78 is 31.7. The second-order valence-electron chi connectivity index (χ2n) is 3.52. The first-order chi connectivity index (χ1) is 8.38. The van der Waals surface area contributed by atoms with Crippen LogP contribution in [0, 0.1) is 0 Å². The van der Waals surface area contributed by atoms with Crippen LogP contribution in [0.2, 0.25) is 0 Å². The van der Waals surface area contributed by atoms with Gasteiger partial charge in [-0.25, -0.2) is 4.79 Å². The Bertz CT molecular complexity index is 503. The number of amidine groups is 1. The monoisotopic (exact) mass is 275 g/mol. The fourth-order valence-corrected chi connectivity index (χ4v) is 2.89. The van der Waals surface area contributed by atoms with E-state index < -0.39 is 20.9 Å². The van der Waals surface area contributed by atoms with Gasteiger partial charge in [-0.05, 0) is 20.8 Å². The summed E-state index contributed by atoms with van der Waals surface area (Å²) >= 11 is 0. The van der Waals surface area contributed by atoms with Crippen LogP contribution < -0.4 is 5.73 Å². The van der Waals surface area contributed by atoms with E-state index in [-0.39, 0.29) is 18.1 Å². The van der Waals surface area contributed by atoms with Gasteiger partial charge in [0.1, 0.15) is 5.70 Å². The number of rotatable bonds is 5. The predicted octanol–water partition coefficient (Wildman–Crippen LogP) is -0.196. The summed E-state index contributed by atoms with van der Waals surface area (Å²) in [5.41, 5.74) is 5.73. The van der Waals surface area contributed by atoms with Crippen LogP contribution in [-0.4, -0.2) is 44.8 Å². The van der Waals surface area contributed by atoms with E-state index in [2.05, 4.69) is 4.40 Å². The van der Waals surface area contributed by atoms with Crippen molar-refractivity contribution >= 4 is 21.8 Å². The summed E-state index contributed by atoms with van der Waals surface area (Å²) in [7, 11) is -4.05. The van der Waals surface area contributed by atoms with Gasteiger partial charge in [0, 0.05) is 13.1 Å². The van der Waals surface area contributed by atoms with E-state index in [0.717, 1.165) is 0 Å². The number of likely N-dealkylation sites (N-methyl/N-ethyl adjacent to an activating group) is 1. The van der Waals surface area contributed by atoms with Crippen molar-refractivity contribution in [3.8, 4) is 0 Å². The minimum Gasteiger partial charge on any atom is -0.462 e. The maximum absolute atomic E-state index is 11.8. The van der Waals surface area contributed by atoms with E-state index in [1.165, 1.54) is 0 Å². The molecule has 8 heteroatoms. The average Bonchev–Trinajstić information content (AvgIpc) is 2.51. The van der Waals surface area contributed by atoms with Crippen molar-refractivity contribution in [1.82, 2.24) is 4.90 Å². The maximum Gasteiger partial charge on any atom is 0.354 e. The molecule has 0 atom stereocenters. The second kappa shape index (κ2) is 5.38. The van der Waals surface area contributed by atoms with Gasteiger partial charge in [-0.15, -0.1) is 4.40 Å². The molecule has 0 aliphatic carbocycles. The van der Waals surface area contributed by atoms with Crippen LogP contribution in [0.1, 0.15) is 20.8 Å². The van der Waals surface area contributed by atoms with Gasteiger partial charge >= 0.3 is 5.97 Å². The van der Waals surface area contributed by atoms with Crippen LogP contribution in [0.5, 0.6) is 0 Å². The largest absolute Gasteiger partial charge is 0.462 e. The average molecular weight is 275 g/mol. The van der Waals surface area contributed by atoms with Crippen LogP contribution in [0.4, 0.5) is 0 Å². The minimum atomic E-state index is -4.05. The molecule has 0 saturated carbocycles. The molecular formula is C10H17N3O4S. The van der Waals surface area contributed by atoms with Crippen LogP contribution in [-0.2, 0) is 19.6 Å². The molecule has 1 aliphatic heterocycles. The van der Waals surface area contributed by atoms with E-state index >= 15 is 0 Å². The molecule has 0 aromatic heterocycles. The number of nitrogens with zero attached hydrogens (tertiary/aromatic N) is 2. The topological polar surface area (TPSA) is 102 Å². The van der Waals surface area contributed by atoms with Crippen molar-refractivity contribution < 1.29 is 17.9 Å². The van der Waals surface area contributed by atoms with E-state index in [9.17, 15) is 13.2 Å². The highest BCUT2D eigenvalue weighted by molar-refractivity contribution is 7.95. The first kappa shape index (κ1) is 14.5. The fraction of sp³-hybridized carbons (Fsp3) is 0.600. The molecule has 102 valence electrons. The number of ether oxygens (including phenoxy) is 1. The Hall–Kier alpha value is -1.57. The molecule has 0 aromatic rings. The van der Waals surface area contributed by atoms with Crippen molar-refractivity contribution in [3.63, 3.8) is 0 Å². The normalized spacial score (nSPS) is 17.6. The summed E-state index contributed by atoms with van der Waals surface area (Å²) in [6, 6.07) is 0. The molecule has 2 N–H and O–H groups in total. The molecule has 0 unspecified atom stereocenters. The van der Waals surface area contributed by atoms with Gasteiger partial charge in [-0.1, -0.05) is 0 Å². The molecule has 0 fully saturated rings. The first-order valence-electron chi connectivity index (χ1n) is 5.66. The lowest BCUT2D eigenvalue weighted by Gasteiger charge is -2.22. The quantitative estimate of drug-likeness (QED) is 0.697. The molecule has 0 aromatic carbocycles. The number of sulfonamides is 1. The van der Waals surface area contributed by atoms with Gasteiger partial charge in [-0.2, -0.15) is 8.42 Å². The fourth-order valence-electron chi connectivity index (χ4n) is 1.70. The Kier molecular flexibility index (Phi) is 4.33. The maximum atomic E-state index is 11.8. The Labute approximate surface area is 106 Å². The predicted molar refractivity (Wildman–Crippen MR) is 67.1 cm³/mol. The van der Waals surface area contributed by atoms with Crippen molar-refractivity contribution in [2.24, 2.45) is 10.1 Å². The Morgan fingerprint density at radius 1 is 1.33 bits per heavy atom. The number of hydrogen-bond acceptors (Lipinski definition) is 6. The minimum absolute atomic E-state index is 0.0866. The summed E-state index contributed by atoms with van der Waals surface area (Å²) in [4.78, 5) is 12.9. The third-order valence-electron chi connectivity index (χ3n) is 2.47.